The molecule has 0 saturated heterocycles. The van der Waals surface area contributed by atoms with Gasteiger partial charge in [-0.3, -0.25) is 9.52 Å². The number of rotatable bonds is 7. The molecule has 1 amide bonds. The molecule has 0 heterocycles. The van der Waals surface area contributed by atoms with Crippen molar-refractivity contribution in [2.45, 2.75) is 26.8 Å². The Hall–Kier alpha value is -1.60. The van der Waals surface area contributed by atoms with Gasteiger partial charge in [-0.05, 0) is 38.1 Å². The van der Waals surface area contributed by atoms with Crippen LogP contribution in [0.15, 0.2) is 18.2 Å². The molecule has 3 N–H and O–H groups in total. The van der Waals surface area contributed by atoms with Gasteiger partial charge in [0.05, 0.1) is 11.9 Å². The number of carbonyl (C=O) groups excluding carboxylic acids is 1. The molecule has 0 aliphatic heterocycles. The molecule has 6 nitrogen and oxygen atoms in total. The van der Waals surface area contributed by atoms with E-state index in [1.807, 2.05) is 13.8 Å². The number of benzene rings is 1. The van der Waals surface area contributed by atoms with Gasteiger partial charge >= 0.3 is 0 Å². The van der Waals surface area contributed by atoms with Crippen LogP contribution in [-0.4, -0.2) is 39.7 Å². The van der Waals surface area contributed by atoms with E-state index >= 15 is 0 Å². The second kappa shape index (κ2) is 7.42. The third-order valence-electron chi connectivity index (χ3n) is 2.92. The standard InChI is InChI=1S/C14H23N3O3S/c1-5-15-11(3)9-16-14(18)12-7-6-10(2)13(8-12)17-21(4,19)20/h6-8,11,15,17H,5,9H2,1-4H3,(H,16,18)/t11-/m1/s1. The van der Waals surface area contributed by atoms with Crippen molar-refractivity contribution in [3.05, 3.63) is 29.3 Å². The zero-order valence-corrected chi connectivity index (χ0v) is 13.7. The van der Waals surface area contributed by atoms with E-state index in [1.165, 1.54) is 0 Å². The first-order valence-corrected chi connectivity index (χ1v) is 8.72. The zero-order chi connectivity index (χ0) is 16.0. The Balaban J connectivity index is 2.79. The van der Waals surface area contributed by atoms with Gasteiger partial charge in [0, 0.05) is 18.2 Å². The lowest BCUT2D eigenvalue weighted by Crippen LogP contribution is -2.38. The Morgan fingerprint density at radius 2 is 2.00 bits per heavy atom. The molecule has 0 aliphatic rings. The highest BCUT2D eigenvalue weighted by molar-refractivity contribution is 7.92. The fourth-order valence-corrected chi connectivity index (χ4v) is 2.46. The van der Waals surface area contributed by atoms with E-state index in [-0.39, 0.29) is 11.9 Å². The lowest BCUT2D eigenvalue weighted by molar-refractivity contribution is 0.0950. The highest BCUT2D eigenvalue weighted by atomic mass is 32.2. The van der Waals surface area contributed by atoms with Crippen LogP contribution >= 0.6 is 0 Å². The van der Waals surface area contributed by atoms with E-state index in [4.69, 9.17) is 0 Å². The highest BCUT2D eigenvalue weighted by Gasteiger charge is 2.11. The van der Waals surface area contributed by atoms with Crippen molar-refractivity contribution in [1.29, 1.82) is 0 Å². The Morgan fingerprint density at radius 3 is 2.57 bits per heavy atom. The van der Waals surface area contributed by atoms with Crippen molar-refractivity contribution in [2.75, 3.05) is 24.1 Å². The number of aryl methyl sites for hydroxylation is 1. The second-order valence-electron chi connectivity index (χ2n) is 5.07. The van der Waals surface area contributed by atoms with E-state index in [0.29, 0.717) is 17.8 Å². The molecule has 0 aliphatic carbocycles. The Bertz CT molecular complexity index is 599. The first-order chi connectivity index (χ1) is 9.73. The minimum atomic E-state index is -3.37. The van der Waals surface area contributed by atoms with Crippen molar-refractivity contribution >= 4 is 21.6 Å². The quantitative estimate of drug-likeness (QED) is 0.703. The summed E-state index contributed by atoms with van der Waals surface area (Å²) in [6, 6.07) is 5.12. The van der Waals surface area contributed by atoms with Crippen LogP contribution in [0.4, 0.5) is 5.69 Å². The summed E-state index contributed by atoms with van der Waals surface area (Å²) in [7, 11) is -3.37. The summed E-state index contributed by atoms with van der Waals surface area (Å²) in [5.74, 6) is -0.226. The number of amides is 1. The monoisotopic (exact) mass is 313 g/mol. The van der Waals surface area contributed by atoms with Crippen molar-refractivity contribution in [3.8, 4) is 0 Å². The molecule has 0 fully saturated rings. The Kier molecular flexibility index (Phi) is 6.17. The maximum Gasteiger partial charge on any atom is 0.251 e. The summed E-state index contributed by atoms with van der Waals surface area (Å²) in [6.07, 6.45) is 1.08. The van der Waals surface area contributed by atoms with Gasteiger partial charge in [0.15, 0.2) is 0 Å². The summed E-state index contributed by atoms with van der Waals surface area (Å²) in [5.41, 5.74) is 1.61. The number of likely N-dealkylation sites (N-methyl/N-ethyl adjacent to an activating group) is 1. The summed E-state index contributed by atoms with van der Waals surface area (Å²) in [4.78, 5) is 12.1. The molecular weight excluding hydrogens is 290 g/mol. The molecular formula is C14H23N3O3S. The smallest absolute Gasteiger partial charge is 0.251 e. The maximum atomic E-state index is 12.1. The van der Waals surface area contributed by atoms with Gasteiger partial charge in [0.2, 0.25) is 10.0 Å². The number of carbonyl (C=O) groups is 1. The van der Waals surface area contributed by atoms with Gasteiger partial charge in [0.25, 0.3) is 5.91 Å². The lowest BCUT2D eigenvalue weighted by atomic mass is 10.1. The topological polar surface area (TPSA) is 87.3 Å². The number of sulfonamides is 1. The molecule has 0 aromatic heterocycles. The van der Waals surface area contributed by atoms with E-state index in [0.717, 1.165) is 18.4 Å². The molecule has 1 aromatic carbocycles. The van der Waals surface area contributed by atoms with Gasteiger partial charge in [-0.2, -0.15) is 0 Å². The normalized spacial score (nSPS) is 12.8. The van der Waals surface area contributed by atoms with E-state index in [2.05, 4.69) is 15.4 Å². The SMILES string of the molecule is CCN[C@H](C)CNC(=O)c1ccc(C)c(NS(C)(=O)=O)c1. The molecule has 0 unspecified atom stereocenters. The maximum absolute atomic E-state index is 12.1. The number of hydrogen-bond donors (Lipinski definition) is 3. The molecule has 0 saturated carbocycles. The first kappa shape index (κ1) is 17.5. The van der Waals surface area contributed by atoms with Crippen molar-refractivity contribution < 1.29 is 13.2 Å². The fourth-order valence-electron chi connectivity index (χ4n) is 1.84. The van der Waals surface area contributed by atoms with E-state index < -0.39 is 10.0 Å². The molecule has 1 atom stereocenters. The molecule has 7 heteroatoms. The van der Waals surface area contributed by atoms with Crippen LogP contribution in [0.3, 0.4) is 0 Å². The fraction of sp³-hybridized carbons (Fsp3) is 0.500. The summed E-state index contributed by atoms with van der Waals surface area (Å²) in [6.45, 7) is 7.11. The number of anilines is 1. The zero-order valence-electron chi connectivity index (χ0n) is 12.9. The van der Waals surface area contributed by atoms with Crippen LogP contribution in [0.2, 0.25) is 0 Å². The van der Waals surface area contributed by atoms with Gasteiger partial charge < -0.3 is 10.6 Å². The lowest BCUT2D eigenvalue weighted by Gasteiger charge is -2.14. The van der Waals surface area contributed by atoms with Crippen LogP contribution < -0.4 is 15.4 Å². The minimum Gasteiger partial charge on any atom is -0.350 e. The van der Waals surface area contributed by atoms with Crippen molar-refractivity contribution in [3.63, 3.8) is 0 Å². The molecule has 21 heavy (non-hydrogen) atoms. The molecule has 1 aromatic rings. The van der Waals surface area contributed by atoms with Gasteiger partial charge in [0.1, 0.15) is 0 Å². The van der Waals surface area contributed by atoms with Crippen LogP contribution in [0.25, 0.3) is 0 Å². The third-order valence-corrected chi connectivity index (χ3v) is 3.51. The summed E-state index contributed by atoms with van der Waals surface area (Å²) >= 11 is 0. The third kappa shape index (κ3) is 6.14. The van der Waals surface area contributed by atoms with Crippen molar-refractivity contribution in [1.82, 2.24) is 10.6 Å². The summed E-state index contributed by atoms with van der Waals surface area (Å²) < 4.78 is 25.0. The highest BCUT2D eigenvalue weighted by Crippen LogP contribution is 2.18. The van der Waals surface area contributed by atoms with Gasteiger partial charge in [-0.15, -0.1) is 0 Å². The molecule has 0 radical (unpaired) electrons. The molecule has 1 rings (SSSR count). The van der Waals surface area contributed by atoms with E-state index in [9.17, 15) is 13.2 Å². The average molecular weight is 313 g/mol. The Morgan fingerprint density at radius 1 is 1.33 bits per heavy atom. The predicted octanol–water partition coefficient (Wildman–Crippen LogP) is 1.09. The largest absolute Gasteiger partial charge is 0.350 e. The molecule has 118 valence electrons. The number of hydrogen-bond acceptors (Lipinski definition) is 4. The first-order valence-electron chi connectivity index (χ1n) is 6.83. The molecule has 0 bridgehead atoms. The van der Waals surface area contributed by atoms with Crippen molar-refractivity contribution in [2.24, 2.45) is 0 Å². The van der Waals surface area contributed by atoms with Crippen LogP contribution in [0.1, 0.15) is 29.8 Å². The Labute approximate surface area is 126 Å². The van der Waals surface area contributed by atoms with E-state index in [1.54, 1.807) is 25.1 Å². The second-order valence-corrected chi connectivity index (χ2v) is 6.82. The van der Waals surface area contributed by atoms with Gasteiger partial charge in [-0.25, -0.2) is 8.42 Å². The summed E-state index contributed by atoms with van der Waals surface area (Å²) in [5, 5.41) is 6.01. The van der Waals surface area contributed by atoms with Crippen LogP contribution in [-0.2, 0) is 10.0 Å². The van der Waals surface area contributed by atoms with Crippen LogP contribution in [0.5, 0.6) is 0 Å². The van der Waals surface area contributed by atoms with Crippen LogP contribution in [0, 0.1) is 6.92 Å². The predicted molar refractivity (Wildman–Crippen MR) is 85.1 cm³/mol. The molecule has 0 spiro atoms. The average Bonchev–Trinajstić information content (AvgIpc) is 2.37. The minimum absolute atomic E-state index is 0.179. The number of nitrogens with one attached hydrogen (secondary N) is 3. The van der Waals surface area contributed by atoms with Gasteiger partial charge in [-0.1, -0.05) is 13.0 Å².